The van der Waals surface area contributed by atoms with Crippen LogP contribution in [0.1, 0.15) is 37.7 Å². The Bertz CT molecular complexity index is 750. The van der Waals surface area contributed by atoms with Crippen molar-refractivity contribution in [3.8, 4) is 5.75 Å². The fraction of sp³-hybridized carbons (Fsp3) is 0.417. The van der Waals surface area contributed by atoms with E-state index in [2.05, 4.69) is 83.5 Å². The van der Waals surface area contributed by atoms with Gasteiger partial charge in [-0.25, -0.2) is 0 Å². The number of hydrogen-bond donors (Lipinski definition) is 0. The highest BCUT2D eigenvalue weighted by atomic mass is 16.5. The molecule has 1 aliphatic carbocycles. The maximum absolute atomic E-state index is 6.43. The minimum atomic E-state index is 0.150. The maximum atomic E-state index is 6.43. The molecule has 1 heterocycles. The normalized spacial score (nSPS) is 21.4. The molecule has 0 radical (unpaired) electrons. The summed E-state index contributed by atoms with van der Waals surface area (Å²) >= 11 is 0. The second kappa shape index (κ2) is 8.62. The first-order valence-corrected chi connectivity index (χ1v) is 10.3. The zero-order valence-electron chi connectivity index (χ0n) is 16.3. The number of para-hydroxylation sites is 1. The van der Waals surface area contributed by atoms with Crippen molar-refractivity contribution in [1.82, 2.24) is 4.90 Å². The molecule has 2 aromatic carbocycles. The fourth-order valence-electron chi connectivity index (χ4n) is 4.21. The quantitative estimate of drug-likeness (QED) is 0.668. The summed E-state index contributed by atoms with van der Waals surface area (Å²) in [6.45, 7) is 6.41. The standard InChI is InChI=1S/C24H30N2O/c1-2-24(26-17-15-25(16-18-26)22-12-4-3-5-13-22)27-23-14-8-11-21(19-23)20-9-6-7-10-20/h3-6,8-9,11-14,19-20,24H,2,7,10,15-18H2,1H3. The van der Waals surface area contributed by atoms with Gasteiger partial charge in [0.25, 0.3) is 0 Å². The Kier molecular flexibility index (Phi) is 5.78. The minimum Gasteiger partial charge on any atom is -0.475 e. The summed E-state index contributed by atoms with van der Waals surface area (Å²) in [5.74, 6) is 1.56. The number of allylic oxidation sites excluding steroid dienone is 2. The van der Waals surface area contributed by atoms with Crippen molar-refractivity contribution in [1.29, 1.82) is 0 Å². The van der Waals surface area contributed by atoms with Crippen molar-refractivity contribution in [2.45, 2.75) is 38.3 Å². The first-order chi connectivity index (χ1) is 13.3. The highest BCUT2D eigenvalue weighted by Gasteiger charge is 2.24. The predicted octanol–water partition coefficient (Wildman–Crippen LogP) is 5.06. The summed E-state index contributed by atoms with van der Waals surface area (Å²) < 4.78 is 6.43. The molecule has 1 fully saturated rings. The first kappa shape index (κ1) is 18.1. The smallest absolute Gasteiger partial charge is 0.152 e. The van der Waals surface area contributed by atoms with E-state index in [-0.39, 0.29) is 6.23 Å². The molecular weight excluding hydrogens is 332 g/mol. The van der Waals surface area contributed by atoms with Crippen LogP contribution < -0.4 is 9.64 Å². The van der Waals surface area contributed by atoms with Crippen molar-refractivity contribution < 1.29 is 4.74 Å². The Balaban J connectivity index is 1.37. The zero-order chi connectivity index (χ0) is 18.5. The summed E-state index contributed by atoms with van der Waals surface area (Å²) in [5.41, 5.74) is 2.70. The van der Waals surface area contributed by atoms with Crippen molar-refractivity contribution in [2.24, 2.45) is 0 Å². The largest absolute Gasteiger partial charge is 0.475 e. The van der Waals surface area contributed by atoms with Crippen LogP contribution in [-0.2, 0) is 0 Å². The van der Waals surface area contributed by atoms with Crippen LogP contribution in [0.2, 0.25) is 0 Å². The van der Waals surface area contributed by atoms with Crippen molar-refractivity contribution in [2.75, 3.05) is 31.1 Å². The van der Waals surface area contributed by atoms with E-state index in [1.807, 2.05) is 0 Å². The lowest BCUT2D eigenvalue weighted by Crippen LogP contribution is -2.52. The van der Waals surface area contributed by atoms with Gasteiger partial charge in [-0.1, -0.05) is 49.4 Å². The van der Waals surface area contributed by atoms with Crippen molar-refractivity contribution in [3.05, 3.63) is 72.3 Å². The molecule has 2 aromatic rings. The first-order valence-electron chi connectivity index (χ1n) is 10.3. The maximum Gasteiger partial charge on any atom is 0.152 e. The lowest BCUT2D eigenvalue weighted by molar-refractivity contribution is 0.0185. The van der Waals surface area contributed by atoms with E-state index in [0.717, 1.165) is 38.3 Å². The van der Waals surface area contributed by atoms with Gasteiger partial charge in [0.15, 0.2) is 6.23 Å². The lowest BCUT2D eigenvalue weighted by atomic mass is 9.99. The number of hydrogen-bond acceptors (Lipinski definition) is 3. The second-order valence-corrected chi connectivity index (χ2v) is 7.52. The molecule has 1 saturated heterocycles. The van der Waals surface area contributed by atoms with E-state index in [1.165, 1.54) is 24.1 Å². The molecule has 4 rings (SSSR count). The van der Waals surface area contributed by atoms with E-state index in [0.29, 0.717) is 5.92 Å². The van der Waals surface area contributed by atoms with Crippen LogP contribution in [0.3, 0.4) is 0 Å². The summed E-state index contributed by atoms with van der Waals surface area (Å²) in [6, 6.07) is 19.4. The molecular formula is C24H30N2O. The van der Waals surface area contributed by atoms with Crippen LogP contribution in [0.15, 0.2) is 66.7 Å². The van der Waals surface area contributed by atoms with Crippen molar-refractivity contribution in [3.63, 3.8) is 0 Å². The molecule has 27 heavy (non-hydrogen) atoms. The average Bonchev–Trinajstić information content (AvgIpc) is 3.28. The molecule has 0 bridgehead atoms. The predicted molar refractivity (Wildman–Crippen MR) is 112 cm³/mol. The van der Waals surface area contributed by atoms with Gasteiger partial charge in [0.2, 0.25) is 0 Å². The molecule has 3 heteroatoms. The van der Waals surface area contributed by atoms with E-state index in [9.17, 15) is 0 Å². The number of nitrogens with zero attached hydrogens (tertiary/aromatic N) is 2. The van der Waals surface area contributed by atoms with Gasteiger partial charge in [0.1, 0.15) is 5.75 Å². The van der Waals surface area contributed by atoms with E-state index in [4.69, 9.17) is 4.74 Å². The second-order valence-electron chi connectivity index (χ2n) is 7.52. The molecule has 2 unspecified atom stereocenters. The molecule has 142 valence electrons. The van der Waals surface area contributed by atoms with Crippen LogP contribution >= 0.6 is 0 Å². The Morgan fingerprint density at radius 3 is 2.52 bits per heavy atom. The lowest BCUT2D eigenvalue weighted by Gasteiger charge is -2.39. The number of rotatable bonds is 6. The Morgan fingerprint density at radius 2 is 1.81 bits per heavy atom. The molecule has 0 aromatic heterocycles. The van der Waals surface area contributed by atoms with Gasteiger partial charge in [-0.3, -0.25) is 4.90 Å². The topological polar surface area (TPSA) is 15.7 Å². The number of anilines is 1. The van der Waals surface area contributed by atoms with Crippen LogP contribution in [0.4, 0.5) is 5.69 Å². The molecule has 3 nitrogen and oxygen atoms in total. The molecule has 0 amide bonds. The summed E-state index contributed by atoms with van der Waals surface area (Å²) in [5, 5.41) is 0. The number of benzene rings is 2. The Morgan fingerprint density at radius 1 is 1.00 bits per heavy atom. The molecule has 1 aliphatic heterocycles. The Labute approximate surface area is 163 Å². The molecule has 0 spiro atoms. The monoisotopic (exact) mass is 362 g/mol. The van der Waals surface area contributed by atoms with Gasteiger partial charge < -0.3 is 9.64 Å². The van der Waals surface area contributed by atoms with Crippen LogP contribution in [-0.4, -0.2) is 37.3 Å². The van der Waals surface area contributed by atoms with Crippen LogP contribution in [0.25, 0.3) is 0 Å². The van der Waals surface area contributed by atoms with Crippen LogP contribution in [0, 0.1) is 0 Å². The van der Waals surface area contributed by atoms with E-state index in [1.54, 1.807) is 0 Å². The fourth-order valence-corrected chi connectivity index (χ4v) is 4.21. The van der Waals surface area contributed by atoms with Gasteiger partial charge in [-0.15, -0.1) is 0 Å². The Hall–Kier alpha value is -2.26. The number of ether oxygens (including phenoxy) is 1. The van der Waals surface area contributed by atoms with Crippen LogP contribution in [0.5, 0.6) is 5.75 Å². The third-order valence-electron chi connectivity index (χ3n) is 5.76. The van der Waals surface area contributed by atoms with E-state index < -0.39 is 0 Å². The minimum absolute atomic E-state index is 0.150. The highest BCUT2D eigenvalue weighted by molar-refractivity contribution is 5.46. The summed E-state index contributed by atoms with van der Waals surface area (Å²) in [7, 11) is 0. The molecule has 0 N–H and O–H groups in total. The third-order valence-corrected chi connectivity index (χ3v) is 5.76. The van der Waals surface area contributed by atoms with Gasteiger partial charge in [-0.05, 0) is 49.1 Å². The zero-order valence-corrected chi connectivity index (χ0v) is 16.3. The third kappa shape index (κ3) is 4.36. The number of piperazine rings is 1. The average molecular weight is 363 g/mol. The molecule has 2 atom stereocenters. The van der Waals surface area contributed by atoms with Gasteiger partial charge in [0.05, 0.1) is 0 Å². The van der Waals surface area contributed by atoms with Gasteiger partial charge in [-0.2, -0.15) is 0 Å². The molecule has 0 saturated carbocycles. The van der Waals surface area contributed by atoms with E-state index >= 15 is 0 Å². The summed E-state index contributed by atoms with van der Waals surface area (Å²) in [4.78, 5) is 4.96. The molecule has 2 aliphatic rings. The van der Waals surface area contributed by atoms with Gasteiger partial charge in [0, 0.05) is 37.8 Å². The van der Waals surface area contributed by atoms with Crippen molar-refractivity contribution >= 4 is 5.69 Å². The SMILES string of the molecule is CCC(Oc1cccc(C2C=CCC2)c1)N1CCN(c2ccccc2)CC1. The van der Waals surface area contributed by atoms with Gasteiger partial charge >= 0.3 is 0 Å². The summed E-state index contributed by atoms with van der Waals surface area (Å²) in [6.07, 6.45) is 8.19. The highest BCUT2D eigenvalue weighted by Crippen LogP contribution is 2.31.